The third kappa shape index (κ3) is 2.35. The van der Waals surface area contributed by atoms with Gasteiger partial charge in [-0.1, -0.05) is 12.1 Å². The Balaban J connectivity index is 2.17. The second-order valence-corrected chi connectivity index (χ2v) is 4.62. The van der Waals surface area contributed by atoms with Gasteiger partial charge in [-0.25, -0.2) is 13.6 Å². The molecule has 4 nitrogen and oxygen atoms in total. The summed E-state index contributed by atoms with van der Waals surface area (Å²) in [6.45, 7) is 0. The van der Waals surface area contributed by atoms with E-state index in [2.05, 4.69) is 0 Å². The molecule has 0 spiro atoms. The number of carboxylic acid groups (broad SMARTS) is 1. The molecule has 6 heteroatoms. The molecule has 3 aromatic rings. The second kappa shape index (κ2) is 5.07. The maximum Gasteiger partial charge on any atom is 0.335 e. The van der Waals surface area contributed by atoms with Crippen molar-refractivity contribution in [3.63, 3.8) is 0 Å². The molecule has 0 aliphatic rings. The quantitative estimate of drug-likeness (QED) is 0.787. The van der Waals surface area contributed by atoms with Crippen LogP contribution in [0.1, 0.15) is 10.4 Å². The van der Waals surface area contributed by atoms with Crippen LogP contribution in [0.2, 0.25) is 0 Å². The number of halogens is 2. The summed E-state index contributed by atoms with van der Waals surface area (Å²) in [7, 11) is 0. The number of carbonyl (C=O) groups is 1. The lowest BCUT2D eigenvalue weighted by Crippen LogP contribution is -2.02. The number of rotatable bonds is 2. The molecule has 0 saturated heterocycles. The van der Waals surface area contributed by atoms with Crippen LogP contribution in [-0.4, -0.2) is 11.1 Å². The Morgan fingerprint density at radius 1 is 1.00 bits per heavy atom. The van der Waals surface area contributed by atoms with E-state index in [9.17, 15) is 18.4 Å². The highest BCUT2D eigenvalue weighted by Gasteiger charge is 2.12. The minimum atomic E-state index is -1.13. The largest absolute Gasteiger partial charge is 0.478 e. The standard InChI is InChI=1S/C16H8F2O4/c17-11-5-10-13(19)7-14(22-15(10)6-12(11)18)8-1-3-9(4-2-8)16(20)21/h1-7H,(H,20,21). The first-order valence-electron chi connectivity index (χ1n) is 6.22. The van der Waals surface area contributed by atoms with Crippen molar-refractivity contribution in [2.45, 2.75) is 0 Å². The Morgan fingerprint density at radius 3 is 2.27 bits per heavy atom. The van der Waals surface area contributed by atoms with Crippen LogP contribution in [0.3, 0.4) is 0 Å². The zero-order valence-corrected chi connectivity index (χ0v) is 11.0. The number of hydrogen-bond acceptors (Lipinski definition) is 3. The molecule has 0 aliphatic carbocycles. The normalized spacial score (nSPS) is 10.8. The molecule has 0 bridgehead atoms. The van der Waals surface area contributed by atoms with Gasteiger partial charge >= 0.3 is 5.97 Å². The smallest absolute Gasteiger partial charge is 0.335 e. The molecule has 0 radical (unpaired) electrons. The summed E-state index contributed by atoms with van der Waals surface area (Å²) in [4.78, 5) is 22.8. The fourth-order valence-corrected chi connectivity index (χ4v) is 2.07. The van der Waals surface area contributed by atoms with E-state index in [1.165, 1.54) is 24.3 Å². The van der Waals surface area contributed by atoms with E-state index < -0.39 is 23.0 Å². The lowest BCUT2D eigenvalue weighted by molar-refractivity contribution is 0.0697. The highest BCUT2D eigenvalue weighted by atomic mass is 19.2. The molecule has 22 heavy (non-hydrogen) atoms. The van der Waals surface area contributed by atoms with Gasteiger partial charge in [0, 0.05) is 17.7 Å². The average molecular weight is 302 g/mol. The van der Waals surface area contributed by atoms with Crippen LogP contribution in [0, 0.1) is 11.6 Å². The Hall–Kier alpha value is -3.02. The number of carboxylic acids is 1. The van der Waals surface area contributed by atoms with Gasteiger partial charge in [-0.3, -0.25) is 4.79 Å². The molecule has 1 N–H and O–H groups in total. The molecule has 0 aliphatic heterocycles. The van der Waals surface area contributed by atoms with Crippen LogP contribution < -0.4 is 5.43 Å². The first kappa shape index (κ1) is 13.9. The van der Waals surface area contributed by atoms with Gasteiger partial charge in [0.05, 0.1) is 10.9 Å². The third-order valence-corrected chi connectivity index (χ3v) is 3.19. The molecule has 0 atom stereocenters. The molecule has 2 aromatic carbocycles. The van der Waals surface area contributed by atoms with Gasteiger partial charge in [0.1, 0.15) is 11.3 Å². The van der Waals surface area contributed by atoms with E-state index in [0.29, 0.717) is 5.56 Å². The van der Waals surface area contributed by atoms with E-state index in [0.717, 1.165) is 18.2 Å². The van der Waals surface area contributed by atoms with Crippen molar-refractivity contribution in [1.82, 2.24) is 0 Å². The van der Waals surface area contributed by atoms with Crippen molar-refractivity contribution >= 4 is 16.9 Å². The maximum absolute atomic E-state index is 13.3. The van der Waals surface area contributed by atoms with Crippen molar-refractivity contribution < 1.29 is 23.1 Å². The first-order valence-corrected chi connectivity index (χ1v) is 6.22. The van der Waals surface area contributed by atoms with E-state index in [1.54, 1.807) is 0 Å². The van der Waals surface area contributed by atoms with Gasteiger partial charge in [0.2, 0.25) is 0 Å². The number of fused-ring (bicyclic) bond motifs is 1. The Morgan fingerprint density at radius 2 is 1.64 bits per heavy atom. The van der Waals surface area contributed by atoms with Crippen molar-refractivity contribution in [3.05, 3.63) is 69.9 Å². The minimum Gasteiger partial charge on any atom is -0.478 e. The lowest BCUT2D eigenvalue weighted by atomic mass is 10.1. The fourth-order valence-electron chi connectivity index (χ4n) is 2.07. The van der Waals surface area contributed by atoms with Crippen LogP contribution in [0.15, 0.2) is 51.7 Å². The molecular formula is C16H8F2O4. The lowest BCUT2D eigenvalue weighted by Gasteiger charge is -2.04. The van der Waals surface area contributed by atoms with Crippen LogP contribution in [0.25, 0.3) is 22.3 Å². The van der Waals surface area contributed by atoms with Crippen molar-refractivity contribution in [3.8, 4) is 11.3 Å². The first-order chi connectivity index (χ1) is 10.5. The topological polar surface area (TPSA) is 67.5 Å². The number of hydrogen-bond donors (Lipinski definition) is 1. The number of benzene rings is 2. The van der Waals surface area contributed by atoms with E-state index in [-0.39, 0.29) is 22.3 Å². The Bertz CT molecular complexity index is 943. The summed E-state index contributed by atoms with van der Waals surface area (Å²) in [5.74, 6) is -3.18. The molecule has 0 unspecified atom stereocenters. The summed E-state index contributed by atoms with van der Waals surface area (Å²) in [5, 5.41) is 8.77. The SMILES string of the molecule is O=C(O)c1ccc(-c2cc(=O)c3cc(F)c(F)cc3o2)cc1. The summed E-state index contributed by atoms with van der Waals surface area (Å²) in [6, 6.07) is 8.38. The van der Waals surface area contributed by atoms with Crippen LogP contribution in [0.5, 0.6) is 0 Å². The summed E-state index contributed by atoms with van der Waals surface area (Å²) < 4.78 is 31.8. The molecular weight excluding hydrogens is 294 g/mol. The summed E-state index contributed by atoms with van der Waals surface area (Å²) in [5.41, 5.74) is -0.0603. The Kier molecular flexibility index (Phi) is 3.21. The predicted octanol–water partition coefficient (Wildman–Crippen LogP) is 3.44. The van der Waals surface area contributed by atoms with Crippen LogP contribution in [0.4, 0.5) is 8.78 Å². The monoisotopic (exact) mass is 302 g/mol. The highest BCUT2D eigenvalue weighted by Crippen LogP contribution is 2.24. The molecule has 0 fully saturated rings. The fraction of sp³-hybridized carbons (Fsp3) is 0. The highest BCUT2D eigenvalue weighted by molar-refractivity contribution is 5.88. The average Bonchev–Trinajstić information content (AvgIpc) is 2.49. The second-order valence-electron chi connectivity index (χ2n) is 4.62. The van der Waals surface area contributed by atoms with Gasteiger partial charge in [-0.2, -0.15) is 0 Å². The summed E-state index contributed by atoms with van der Waals surface area (Å²) >= 11 is 0. The van der Waals surface area contributed by atoms with Crippen molar-refractivity contribution in [2.75, 3.05) is 0 Å². The minimum absolute atomic E-state index is 0.0650. The Labute approximate surface area is 122 Å². The third-order valence-electron chi connectivity index (χ3n) is 3.19. The van der Waals surface area contributed by atoms with E-state index in [1.807, 2.05) is 0 Å². The molecule has 110 valence electrons. The van der Waals surface area contributed by atoms with E-state index in [4.69, 9.17) is 9.52 Å². The van der Waals surface area contributed by atoms with Crippen molar-refractivity contribution in [1.29, 1.82) is 0 Å². The number of aromatic carboxylic acids is 1. The maximum atomic E-state index is 13.3. The molecule has 3 rings (SSSR count). The van der Waals surface area contributed by atoms with Crippen molar-refractivity contribution in [2.24, 2.45) is 0 Å². The van der Waals surface area contributed by atoms with E-state index >= 15 is 0 Å². The van der Waals surface area contributed by atoms with Gasteiger partial charge in [0.15, 0.2) is 17.1 Å². The molecule has 1 heterocycles. The molecule has 0 amide bonds. The van der Waals surface area contributed by atoms with Gasteiger partial charge < -0.3 is 9.52 Å². The van der Waals surface area contributed by atoms with Gasteiger partial charge in [-0.05, 0) is 18.2 Å². The van der Waals surface area contributed by atoms with Crippen LogP contribution >= 0.6 is 0 Å². The molecule has 1 aromatic heterocycles. The van der Waals surface area contributed by atoms with Gasteiger partial charge in [0.25, 0.3) is 0 Å². The predicted molar refractivity (Wildman–Crippen MR) is 74.8 cm³/mol. The zero-order chi connectivity index (χ0) is 15.9. The molecule has 0 saturated carbocycles. The summed E-state index contributed by atoms with van der Waals surface area (Å²) in [6.07, 6.45) is 0. The van der Waals surface area contributed by atoms with Gasteiger partial charge in [-0.15, -0.1) is 0 Å². The zero-order valence-electron chi connectivity index (χ0n) is 11.0. The van der Waals surface area contributed by atoms with Crippen LogP contribution in [-0.2, 0) is 0 Å².